The Hall–Kier alpha value is -4.03. The number of anilines is 1. The molecule has 170 valence electrons. The summed E-state index contributed by atoms with van der Waals surface area (Å²) in [6, 6.07) is 17.1. The van der Waals surface area contributed by atoms with Crippen LogP contribution in [0.25, 0.3) is 32.6 Å². The second kappa shape index (κ2) is 8.39. The third kappa shape index (κ3) is 3.53. The summed E-state index contributed by atoms with van der Waals surface area (Å²) in [5.41, 5.74) is 20.3. The van der Waals surface area contributed by atoms with Gasteiger partial charge < -0.3 is 15.0 Å². The number of benzene rings is 2. The van der Waals surface area contributed by atoms with Gasteiger partial charge in [-0.25, -0.2) is 9.97 Å². The molecule has 1 atom stereocenters. The fraction of sp³-hybridized carbons (Fsp3) is 0.308. The Labute approximate surface area is 197 Å². The maximum Gasteiger partial charge on any atom is 0.146 e. The lowest BCUT2D eigenvalue weighted by Crippen LogP contribution is -2.28. The first kappa shape index (κ1) is 20.6. The number of nitrogens with two attached hydrogens (primary N) is 1. The van der Waals surface area contributed by atoms with E-state index in [1.54, 1.807) is 0 Å². The van der Waals surface area contributed by atoms with Crippen molar-refractivity contribution in [2.75, 3.05) is 12.3 Å². The van der Waals surface area contributed by atoms with Crippen LogP contribution in [0.2, 0.25) is 0 Å². The predicted molar refractivity (Wildman–Crippen MR) is 131 cm³/mol. The fourth-order valence-corrected chi connectivity index (χ4v) is 5.27. The summed E-state index contributed by atoms with van der Waals surface area (Å²) in [6.45, 7) is 0.543. The van der Waals surface area contributed by atoms with E-state index in [2.05, 4.69) is 73.2 Å². The SMILES string of the molecule is [N-]=[N+]=NC[C@H]1C[C@@H](n2cc(-c3ccc4c(c3)O[C@@H](c3ccccc3)CC4)c3c(N)ncnc32)C1. The second-order valence-corrected chi connectivity index (χ2v) is 9.19. The van der Waals surface area contributed by atoms with Gasteiger partial charge in [-0.05, 0) is 59.9 Å². The number of aromatic nitrogens is 3. The molecule has 2 aromatic heterocycles. The van der Waals surface area contributed by atoms with Crippen LogP contribution in [0.3, 0.4) is 0 Å². The zero-order chi connectivity index (χ0) is 23.1. The predicted octanol–water partition coefficient (Wildman–Crippen LogP) is 6.01. The van der Waals surface area contributed by atoms with Gasteiger partial charge in [0, 0.05) is 29.3 Å². The molecule has 3 heterocycles. The van der Waals surface area contributed by atoms with Gasteiger partial charge in [0.05, 0.1) is 5.39 Å². The molecule has 0 amide bonds. The largest absolute Gasteiger partial charge is 0.485 e. The van der Waals surface area contributed by atoms with Crippen LogP contribution in [0.15, 0.2) is 66.2 Å². The Kier molecular flexibility index (Phi) is 5.08. The Morgan fingerprint density at radius 3 is 2.82 bits per heavy atom. The lowest BCUT2D eigenvalue weighted by molar-refractivity contribution is 0.177. The van der Waals surface area contributed by atoms with Crippen LogP contribution in [0.5, 0.6) is 5.75 Å². The number of nitrogens with zero attached hydrogens (tertiary/aromatic N) is 6. The van der Waals surface area contributed by atoms with Crippen LogP contribution < -0.4 is 10.5 Å². The molecule has 2 aliphatic rings. The number of nitrogen functional groups attached to an aromatic ring is 1. The van der Waals surface area contributed by atoms with Gasteiger partial charge in [-0.3, -0.25) is 0 Å². The summed E-state index contributed by atoms with van der Waals surface area (Å²) >= 11 is 0. The first-order valence-corrected chi connectivity index (χ1v) is 11.7. The molecule has 2 N–H and O–H groups in total. The molecule has 6 rings (SSSR count). The minimum absolute atomic E-state index is 0.0571. The van der Waals surface area contributed by atoms with E-state index < -0.39 is 0 Å². The molecule has 1 fully saturated rings. The van der Waals surface area contributed by atoms with Crippen molar-refractivity contribution >= 4 is 16.9 Å². The number of rotatable bonds is 5. The van der Waals surface area contributed by atoms with Crippen LogP contribution in [0, 0.1) is 5.92 Å². The van der Waals surface area contributed by atoms with Gasteiger partial charge in [0.15, 0.2) is 0 Å². The third-order valence-electron chi connectivity index (χ3n) is 7.14. The normalized spacial score (nSPS) is 21.2. The van der Waals surface area contributed by atoms with Crippen molar-refractivity contribution in [3.63, 3.8) is 0 Å². The van der Waals surface area contributed by atoms with E-state index in [0.29, 0.717) is 24.3 Å². The lowest BCUT2D eigenvalue weighted by Gasteiger charge is -2.35. The van der Waals surface area contributed by atoms with Crippen LogP contribution in [0.4, 0.5) is 5.82 Å². The first-order chi connectivity index (χ1) is 16.7. The van der Waals surface area contributed by atoms with Crippen LogP contribution in [-0.2, 0) is 6.42 Å². The summed E-state index contributed by atoms with van der Waals surface area (Å²) < 4.78 is 8.66. The molecule has 1 aliphatic carbocycles. The molecule has 0 bridgehead atoms. The Balaban J connectivity index is 1.36. The molecule has 1 saturated carbocycles. The molecule has 8 heteroatoms. The monoisotopic (exact) mass is 451 g/mol. The Morgan fingerprint density at radius 1 is 1.15 bits per heavy atom. The molecule has 0 unspecified atom stereocenters. The minimum atomic E-state index is 0.0571. The maximum absolute atomic E-state index is 8.60. The average Bonchev–Trinajstić information content (AvgIpc) is 3.23. The summed E-state index contributed by atoms with van der Waals surface area (Å²) in [7, 11) is 0. The van der Waals surface area contributed by atoms with Gasteiger partial charge in [-0.2, -0.15) is 0 Å². The van der Waals surface area contributed by atoms with Crippen molar-refractivity contribution in [1.29, 1.82) is 0 Å². The topological polar surface area (TPSA) is 115 Å². The summed E-state index contributed by atoms with van der Waals surface area (Å²) in [5, 5.41) is 4.60. The zero-order valence-electron chi connectivity index (χ0n) is 18.7. The van der Waals surface area contributed by atoms with E-state index >= 15 is 0 Å². The summed E-state index contributed by atoms with van der Waals surface area (Å²) in [4.78, 5) is 11.7. The standard InChI is InChI=1S/C26H25N7O/c27-25-24-21(14-33(26(24)30-15-29-25)20-10-16(11-20)13-31-32-28)19-7-6-18-8-9-22(34-23(18)12-19)17-4-2-1-3-5-17/h1-7,12,14-16,20,22H,8-11,13H2,(H2,27,29,30)/t16-,20+,22-/m1/s1. The highest BCUT2D eigenvalue weighted by atomic mass is 16.5. The highest BCUT2D eigenvalue weighted by Crippen LogP contribution is 2.44. The van der Waals surface area contributed by atoms with E-state index in [-0.39, 0.29) is 6.10 Å². The highest BCUT2D eigenvalue weighted by molar-refractivity contribution is 6.00. The lowest BCUT2D eigenvalue weighted by atomic mass is 9.80. The zero-order valence-corrected chi connectivity index (χ0v) is 18.7. The minimum Gasteiger partial charge on any atom is -0.485 e. The molecule has 0 saturated heterocycles. The number of azide groups is 1. The molecule has 34 heavy (non-hydrogen) atoms. The second-order valence-electron chi connectivity index (χ2n) is 9.19. The van der Waals surface area contributed by atoms with Crippen LogP contribution in [0.1, 0.15) is 42.5 Å². The molecular weight excluding hydrogens is 426 g/mol. The fourth-order valence-electron chi connectivity index (χ4n) is 5.27. The number of hydrogen-bond acceptors (Lipinski definition) is 5. The summed E-state index contributed by atoms with van der Waals surface area (Å²) in [5.74, 6) is 1.81. The van der Waals surface area contributed by atoms with Gasteiger partial charge in [0.2, 0.25) is 0 Å². The van der Waals surface area contributed by atoms with Gasteiger partial charge >= 0.3 is 0 Å². The highest BCUT2D eigenvalue weighted by Gasteiger charge is 2.32. The van der Waals surface area contributed by atoms with Gasteiger partial charge in [0.1, 0.15) is 29.6 Å². The molecule has 0 spiro atoms. The number of fused-ring (bicyclic) bond motifs is 2. The smallest absolute Gasteiger partial charge is 0.146 e. The number of hydrogen-bond donors (Lipinski definition) is 1. The number of aryl methyl sites for hydroxylation is 1. The van der Waals surface area contributed by atoms with Crippen molar-refractivity contribution in [2.24, 2.45) is 11.0 Å². The van der Waals surface area contributed by atoms with Gasteiger partial charge in [0.25, 0.3) is 0 Å². The van der Waals surface area contributed by atoms with Gasteiger partial charge in [-0.15, -0.1) is 0 Å². The van der Waals surface area contributed by atoms with Gasteiger partial charge in [-0.1, -0.05) is 47.6 Å². The van der Waals surface area contributed by atoms with Crippen LogP contribution >= 0.6 is 0 Å². The molecular formula is C26H25N7O. The Morgan fingerprint density at radius 2 is 2.00 bits per heavy atom. The van der Waals surface area contributed by atoms with Crippen molar-refractivity contribution in [1.82, 2.24) is 14.5 Å². The van der Waals surface area contributed by atoms with Crippen molar-refractivity contribution in [3.05, 3.63) is 82.6 Å². The average molecular weight is 452 g/mol. The quantitative estimate of drug-likeness (QED) is 0.227. The molecule has 8 nitrogen and oxygen atoms in total. The maximum atomic E-state index is 8.60. The van der Waals surface area contributed by atoms with E-state index in [9.17, 15) is 0 Å². The van der Waals surface area contributed by atoms with E-state index in [1.165, 1.54) is 17.5 Å². The summed E-state index contributed by atoms with van der Waals surface area (Å²) in [6.07, 6.45) is 7.59. The number of ether oxygens (including phenoxy) is 1. The molecule has 2 aromatic carbocycles. The van der Waals surface area contributed by atoms with Crippen LogP contribution in [-0.4, -0.2) is 21.1 Å². The molecule has 1 aliphatic heterocycles. The van der Waals surface area contributed by atoms with E-state index in [1.807, 2.05) is 6.07 Å². The third-order valence-corrected chi connectivity index (χ3v) is 7.14. The van der Waals surface area contributed by atoms with E-state index in [4.69, 9.17) is 16.0 Å². The molecule has 0 radical (unpaired) electrons. The van der Waals surface area contributed by atoms with Crippen molar-refractivity contribution in [3.8, 4) is 16.9 Å². The first-order valence-electron chi connectivity index (χ1n) is 11.7. The van der Waals surface area contributed by atoms with Crippen molar-refractivity contribution in [2.45, 2.75) is 37.8 Å². The van der Waals surface area contributed by atoms with Crippen molar-refractivity contribution < 1.29 is 4.74 Å². The Bertz CT molecular complexity index is 1400. The van der Waals surface area contributed by atoms with E-state index in [0.717, 1.165) is 53.6 Å². The molecule has 4 aromatic rings.